The third-order valence-corrected chi connectivity index (χ3v) is 2.72. The number of likely N-dealkylation sites (N-methyl/N-ethyl adjacent to an activating group) is 1. The van der Waals surface area contributed by atoms with Gasteiger partial charge in [-0.05, 0) is 0 Å². The van der Waals surface area contributed by atoms with Crippen molar-refractivity contribution in [2.24, 2.45) is 0 Å². The molecular formula is C12H27N3O2. The molecule has 1 fully saturated rings. The van der Waals surface area contributed by atoms with Crippen molar-refractivity contribution in [3.63, 3.8) is 0 Å². The van der Waals surface area contributed by atoms with Gasteiger partial charge in [-0.2, -0.15) is 0 Å². The number of carbonyl (C=O) groups excluding carboxylic acids is 1. The van der Waals surface area contributed by atoms with Crippen molar-refractivity contribution in [2.75, 3.05) is 60.0 Å². The van der Waals surface area contributed by atoms with Crippen molar-refractivity contribution in [1.29, 1.82) is 0 Å². The van der Waals surface area contributed by atoms with Crippen LogP contribution < -0.4 is 5.32 Å². The fourth-order valence-corrected chi connectivity index (χ4v) is 1.67. The average molecular weight is 245 g/mol. The SMILES string of the molecule is CC.CNC(=O)CN1CCN(CCOC)CC1. The molecule has 1 heterocycles. The molecule has 0 aromatic rings. The van der Waals surface area contributed by atoms with E-state index in [1.165, 1.54) is 0 Å². The Bertz CT molecular complexity index is 192. The lowest BCUT2D eigenvalue weighted by Gasteiger charge is -2.33. The number of methoxy groups -OCH3 is 1. The van der Waals surface area contributed by atoms with Crippen LogP contribution in [0.4, 0.5) is 0 Å². The third-order valence-electron chi connectivity index (χ3n) is 2.72. The lowest BCUT2D eigenvalue weighted by Crippen LogP contribution is -2.49. The molecule has 0 radical (unpaired) electrons. The van der Waals surface area contributed by atoms with Crippen LogP contribution in [-0.2, 0) is 9.53 Å². The summed E-state index contributed by atoms with van der Waals surface area (Å²) in [4.78, 5) is 15.7. The molecule has 0 atom stereocenters. The van der Waals surface area contributed by atoms with Crippen LogP contribution in [0.5, 0.6) is 0 Å². The first kappa shape index (κ1) is 16.4. The first-order valence-electron chi connectivity index (χ1n) is 6.40. The summed E-state index contributed by atoms with van der Waals surface area (Å²) in [5.74, 6) is 0.0975. The molecule has 5 nitrogen and oxygen atoms in total. The minimum Gasteiger partial charge on any atom is -0.383 e. The Kier molecular flexibility index (Phi) is 10.1. The van der Waals surface area contributed by atoms with Gasteiger partial charge in [0.25, 0.3) is 0 Å². The lowest BCUT2D eigenvalue weighted by atomic mass is 10.3. The summed E-state index contributed by atoms with van der Waals surface area (Å²) in [6, 6.07) is 0. The van der Waals surface area contributed by atoms with Crippen LogP contribution in [0.15, 0.2) is 0 Å². The summed E-state index contributed by atoms with van der Waals surface area (Å²) in [5, 5.41) is 2.64. The van der Waals surface area contributed by atoms with Crippen LogP contribution in [0.3, 0.4) is 0 Å². The number of ether oxygens (including phenoxy) is 1. The van der Waals surface area contributed by atoms with Crippen LogP contribution in [0.2, 0.25) is 0 Å². The molecule has 1 rings (SSSR count). The Morgan fingerprint density at radius 3 is 2.18 bits per heavy atom. The van der Waals surface area contributed by atoms with Crippen molar-refractivity contribution in [1.82, 2.24) is 15.1 Å². The molecule has 1 amide bonds. The molecule has 1 aliphatic rings. The molecule has 0 saturated carbocycles. The van der Waals surface area contributed by atoms with Gasteiger partial charge in [-0.1, -0.05) is 13.8 Å². The predicted molar refractivity (Wildman–Crippen MR) is 70.2 cm³/mol. The number of nitrogens with one attached hydrogen (secondary N) is 1. The van der Waals surface area contributed by atoms with Crippen molar-refractivity contribution in [3.05, 3.63) is 0 Å². The third kappa shape index (κ3) is 7.31. The minimum absolute atomic E-state index is 0.0975. The van der Waals surface area contributed by atoms with E-state index in [9.17, 15) is 4.79 Å². The van der Waals surface area contributed by atoms with Gasteiger partial charge in [0.1, 0.15) is 0 Å². The first-order valence-corrected chi connectivity index (χ1v) is 6.40. The predicted octanol–water partition coefficient (Wildman–Crippen LogP) is 0.0226. The average Bonchev–Trinajstić information content (AvgIpc) is 2.40. The molecule has 1 saturated heterocycles. The molecule has 5 heteroatoms. The van der Waals surface area contributed by atoms with Crippen molar-refractivity contribution >= 4 is 5.91 Å². The highest BCUT2D eigenvalue weighted by Crippen LogP contribution is 2.00. The van der Waals surface area contributed by atoms with E-state index in [2.05, 4.69) is 15.1 Å². The maximum absolute atomic E-state index is 11.1. The molecule has 0 bridgehead atoms. The van der Waals surface area contributed by atoms with Gasteiger partial charge >= 0.3 is 0 Å². The molecular weight excluding hydrogens is 218 g/mol. The molecule has 0 aromatic carbocycles. The number of piperazine rings is 1. The smallest absolute Gasteiger partial charge is 0.233 e. The van der Waals surface area contributed by atoms with Crippen molar-refractivity contribution < 1.29 is 9.53 Å². The largest absolute Gasteiger partial charge is 0.383 e. The maximum atomic E-state index is 11.1. The Hall–Kier alpha value is -0.650. The number of hydrogen-bond donors (Lipinski definition) is 1. The van der Waals surface area contributed by atoms with Gasteiger partial charge in [0.15, 0.2) is 0 Å². The van der Waals surface area contributed by atoms with E-state index in [4.69, 9.17) is 4.74 Å². The van der Waals surface area contributed by atoms with Gasteiger partial charge in [0.05, 0.1) is 13.2 Å². The van der Waals surface area contributed by atoms with Crippen LogP contribution in [0.25, 0.3) is 0 Å². The van der Waals surface area contributed by atoms with Gasteiger partial charge in [0, 0.05) is 46.9 Å². The summed E-state index contributed by atoms with van der Waals surface area (Å²) >= 11 is 0. The fourth-order valence-electron chi connectivity index (χ4n) is 1.67. The van der Waals surface area contributed by atoms with E-state index in [0.717, 1.165) is 39.3 Å². The van der Waals surface area contributed by atoms with E-state index in [1.807, 2.05) is 13.8 Å². The Morgan fingerprint density at radius 2 is 1.71 bits per heavy atom. The molecule has 0 spiro atoms. The Morgan fingerprint density at radius 1 is 1.18 bits per heavy atom. The molecule has 0 aromatic heterocycles. The van der Waals surface area contributed by atoms with E-state index in [0.29, 0.717) is 6.54 Å². The van der Waals surface area contributed by atoms with Gasteiger partial charge in [-0.25, -0.2) is 0 Å². The number of amides is 1. The van der Waals surface area contributed by atoms with Gasteiger partial charge in [-0.3, -0.25) is 14.6 Å². The zero-order valence-corrected chi connectivity index (χ0v) is 11.7. The quantitative estimate of drug-likeness (QED) is 0.742. The van der Waals surface area contributed by atoms with Gasteiger partial charge < -0.3 is 10.1 Å². The van der Waals surface area contributed by atoms with Gasteiger partial charge in [-0.15, -0.1) is 0 Å². The summed E-state index contributed by atoms with van der Waals surface area (Å²) in [6.45, 7) is 10.3. The summed E-state index contributed by atoms with van der Waals surface area (Å²) in [6.07, 6.45) is 0. The molecule has 0 aliphatic carbocycles. The zero-order valence-electron chi connectivity index (χ0n) is 11.7. The molecule has 102 valence electrons. The van der Waals surface area contributed by atoms with Gasteiger partial charge in [0.2, 0.25) is 5.91 Å². The lowest BCUT2D eigenvalue weighted by molar-refractivity contribution is -0.122. The van der Waals surface area contributed by atoms with E-state index in [-0.39, 0.29) is 5.91 Å². The van der Waals surface area contributed by atoms with E-state index < -0.39 is 0 Å². The topological polar surface area (TPSA) is 44.8 Å². The van der Waals surface area contributed by atoms with Crippen LogP contribution in [0, 0.1) is 0 Å². The minimum atomic E-state index is 0.0975. The normalized spacial score (nSPS) is 17.2. The molecule has 1 aliphatic heterocycles. The molecule has 0 unspecified atom stereocenters. The second-order valence-corrected chi connectivity index (χ2v) is 3.78. The number of rotatable bonds is 5. The number of nitrogens with zero attached hydrogens (tertiary/aromatic N) is 2. The van der Waals surface area contributed by atoms with Crippen LogP contribution in [-0.4, -0.2) is 75.7 Å². The highest BCUT2D eigenvalue weighted by atomic mass is 16.5. The number of carbonyl (C=O) groups is 1. The first-order chi connectivity index (χ1) is 8.26. The fraction of sp³-hybridized carbons (Fsp3) is 0.917. The second-order valence-electron chi connectivity index (χ2n) is 3.78. The summed E-state index contributed by atoms with van der Waals surface area (Å²) < 4.78 is 5.03. The Labute approximate surface area is 105 Å². The second kappa shape index (κ2) is 10.5. The maximum Gasteiger partial charge on any atom is 0.233 e. The highest BCUT2D eigenvalue weighted by molar-refractivity contribution is 5.77. The summed E-state index contributed by atoms with van der Waals surface area (Å²) in [7, 11) is 3.40. The standard InChI is InChI=1S/C10H21N3O2.C2H6/c1-11-10(14)9-13-5-3-12(4-6-13)7-8-15-2;1-2/h3-9H2,1-2H3,(H,11,14);1-2H3. The van der Waals surface area contributed by atoms with Crippen LogP contribution >= 0.6 is 0 Å². The van der Waals surface area contributed by atoms with E-state index in [1.54, 1.807) is 14.2 Å². The molecule has 1 N–H and O–H groups in total. The van der Waals surface area contributed by atoms with E-state index >= 15 is 0 Å². The van der Waals surface area contributed by atoms with Crippen molar-refractivity contribution in [3.8, 4) is 0 Å². The Balaban J connectivity index is 0.00000121. The van der Waals surface area contributed by atoms with Crippen LogP contribution in [0.1, 0.15) is 13.8 Å². The summed E-state index contributed by atoms with van der Waals surface area (Å²) in [5.41, 5.74) is 0. The highest BCUT2D eigenvalue weighted by Gasteiger charge is 2.17. The zero-order chi connectivity index (χ0) is 13.1. The van der Waals surface area contributed by atoms with Crippen molar-refractivity contribution in [2.45, 2.75) is 13.8 Å². The molecule has 17 heavy (non-hydrogen) atoms. The monoisotopic (exact) mass is 245 g/mol. The number of hydrogen-bond acceptors (Lipinski definition) is 4.